The van der Waals surface area contributed by atoms with Gasteiger partial charge in [-0.2, -0.15) is 5.26 Å². The summed E-state index contributed by atoms with van der Waals surface area (Å²) < 4.78 is 24.3. The third kappa shape index (κ3) is 3.52. The number of primary amides is 1. The second-order valence-corrected chi connectivity index (χ2v) is 4.46. The Balaban J connectivity index is 2.14. The summed E-state index contributed by atoms with van der Waals surface area (Å²) in [6, 6.07) is 12.2. The van der Waals surface area contributed by atoms with Crippen LogP contribution in [0.25, 0.3) is 0 Å². The Bertz CT molecular complexity index is 723. The number of ether oxygens (including phenoxy) is 2. The quantitative estimate of drug-likeness (QED) is 0.920. The molecular weight excluding hydrogens is 287 g/mol. The van der Waals surface area contributed by atoms with Crippen LogP contribution in [0.2, 0.25) is 0 Å². The third-order valence-electron chi connectivity index (χ3n) is 2.85. The Morgan fingerprint density at radius 2 is 1.86 bits per heavy atom. The van der Waals surface area contributed by atoms with Gasteiger partial charge >= 0.3 is 0 Å². The maximum atomic E-state index is 13.5. The van der Waals surface area contributed by atoms with Gasteiger partial charge in [-0.15, -0.1) is 0 Å². The minimum absolute atomic E-state index is 0.127. The van der Waals surface area contributed by atoms with Gasteiger partial charge < -0.3 is 15.2 Å². The van der Waals surface area contributed by atoms with E-state index in [1.165, 1.54) is 18.2 Å². The lowest BCUT2D eigenvalue weighted by Gasteiger charge is -2.12. The molecule has 5 nitrogen and oxygen atoms in total. The van der Waals surface area contributed by atoms with Crippen molar-refractivity contribution in [3.05, 3.63) is 53.8 Å². The highest BCUT2D eigenvalue weighted by Gasteiger charge is 2.11. The van der Waals surface area contributed by atoms with E-state index in [0.29, 0.717) is 11.5 Å². The first-order valence-corrected chi connectivity index (χ1v) is 6.43. The van der Waals surface area contributed by atoms with Crippen LogP contribution in [-0.2, 0) is 4.79 Å². The molecule has 0 heterocycles. The Morgan fingerprint density at radius 3 is 2.45 bits per heavy atom. The molecule has 0 bridgehead atoms. The van der Waals surface area contributed by atoms with Crippen molar-refractivity contribution >= 4 is 5.91 Å². The highest BCUT2D eigenvalue weighted by molar-refractivity contribution is 5.78. The molecule has 22 heavy (non-hydrogen) atoms. The summed E-state index contributed by atoms with van der Waals surface area (Å²) in [6.07, 6.45) is -0.750. The molecule has 0 unspecified atom stereocenters. The van der Waals surface area contributed by atoms with Gasteiger partial charge in [0.25, 0.3) is 5.91 Å². The van der Waals surface area contributed by atoms with Crippen molar-refractivity contribution in [1.29, 1.82) is 5.26 Å². The molecule has 1 amide bonds. The summed E-state index contributed by atoms with van der Waals surface area (Å²) in [5.41, 5.74) is 4.95. The number of amides is 1. The molecule has 112 valence electrons. The summed E-state index contributed by atoms with van der Waals surface area (Å²) in [5, 5.41) is 8.94. The Labute approximate surface area is 126 Å². The summed E-state index contributed by atoms with van der Waals surface area (Å²) in [7, 11) is 0. The molecule has 2 rings (SSSR count). The van der Waals surface area contributed by atoms with Gasteiger partial charge in [0.15, 0.2) is 6.10 Å². The second kappa shape index (κ2) is 6.59. The number of nitrogens with zero attached hydrogens (tertiary/aromatic N) is 1. The molecule has 1 atom stereocenters. The van der Waals surface area contributed by atoms with Crippen LogP contribution >= 0.6 is 0 Å². The van der Waals surface area contributed by atoms with Crippen LogP contribution in [0.1, 0.15) is 12.5 Å². The van der Waals surface area contributed by atoms with Gasteiger partial charge in [0.05, 0.1) is 0 Å². The minimum atomic E-state index is -0.750. The van der Waals surface area contributed by atoms with E-state index in [1.807, 2.05) is 0 Å². The molecule has 2 N–H and O–H groups in total. The number of carbonyl (C=O) groups excluding carboxylic acids is 1. The van der Waals surface area contributed by atoms with Crippen molar-refractivity contribution in [2.45, 2.75) is 13.0 Å². The fourth-order valence-electron chi connectivity index (χ4n) is 1.67. The number of carbonyl (C=O) groups is 1. The van der Waals surface area contributed by atoms with Gasteiger partial charge in [0.2, 0.25) is 0 Å². The van der Waals surface area contributed by atoms with E-state index in [0.717, 1.165) is 0 Å². The standard InChI is InChI=1S/C16H13FN2O3/c1-10(16(19)20)21-11-5-7-12(8-6-11)22-15-4-2-3-14(17)13(15)9-18/h2-8,10H,1H3,(H2,19,20)/t10-/m0/s1. The highest BCUT2D eigenvalue weighted by atomic mass is 19.1. The van der Waals surface area contributed by atoms with Crippen molar-refractivity contribution in [3.8, 4) is 23.3 Å². The number of rotatable bonds is 5. The lowest BCUT2D eigenvalue weighted by atomic mass is 10.2. The molecule has 0 aliphatic heterocycles. The smallest absolute Gasteiger partial charge is 0.258 e. The fourth-order valence-corrected chi connectivity index (χ4v) is 1.67. The highest BCUT2D eigenvalue weighted by Crippen LogP contribution is 2.28. The van der Waals surface area contributed by atoms with E-state index in [2.05, 4.69) is 0 Å². The van der Waals surface area contributed by atoms with Gasteiger partial charge in [-0.1, -0.05) is 6.07 Å². The lowest BCUT2D eigenvalue weighted by Crippen LogP contribution is -2.30. The molecule has 0 aliphatic rings. The van der Waals surface area contributed by atoms with Crippen LogP contribution in [-0.4, -0.2) is 12.0 Å². The first-order chi connectivity index (χ1) is 10.5. The van der Waals surface area contributed by atoms with Crippen LogP contribution in [0.3, 0.4) is 0 Å². The van der Waals surface area contributed by atoms with E-state index >= 15 is 0 Å². The molecule has 0 aliphatic carbocycles. The molecule has 0 aromatic heterocycles. The first-order valence-electron chi connectivity index (χ1n) is 6.43. The van der Waals surface area contributed by atoms with Gasteiger partial charge in [-0.25, -0.2) is 4.39 Å². The van der Waals surface area contributed by atoms with Gasteiger partial charge in [0, 0.05) is 0 Å². The van der Waals surface area contributed by atoms with Gasteiger partial charge in [-0.3, -0.25) is 4.79 Å². The molecule has 6 heteroatoms. The average molecular weight is 300 g/mol. The number of hydrogen-bond donors (Lipinski definition) is 1. The molecular formula is C16H13FN2O3. The molecule has 0 spiro atoms. The topological polar surface area (TPSA) is 85.3 Å². The van der Waals surface area contributed by atoms with Crippen molar-refractivity contribution in [1.82, 2.24) is 0 Å². The predicted octanol–water partition coefficient (Wildman–Crippen LogP) is 2.74. The van der Waals surface area contributed by atoms with Gasteiger partial charge in [0.1, 0.15) is 34.7 Å². The average Bonchev–Trinajstić information content (AvgIpc) is 2.49. The van der Waals surface area contributed by atoms with E-state index < -0.39 is 17.8 Å². The third-order valence-corrected chi connectivity index (χ3v) is 2.85. The summed E-state index contributed by atoms with van der Waals surface area (Å²) in [5.74, 6) is -0.241. The molecule has 2 aromatic rings. The van der Waals surface area contributed by atoms with Crippen molar-refractivity contribution in [2.24, 2.45) is 5.73 Å². The predicted molar refractivity (Wildman–Crippen MR) is 76.9 cm³/mol. The zero-order valence-electron chi connectivity index (χ0n) is 11.7. The molecule has 0 saturated heterocycles. The van der Waals surface area contributed by atoms with Crippen LogP contribution in [0.5, 0.6) is 17.2 Å². The molecule has 0 saturated carbocycles. The number of benzene rings is 2. The summed E-state index contributed by atoms with van der Waals surface area (Å²) in [4.78, 5) is 10.9. The van der Waals surface area contributed by atoms with E-state index in [-0.39, 0.29) is 11.3 Å². The minimum Gasteiger partial charge on any atom is -0.481 e. The van der Waals surface area contributed by atoms with E-state index in [1.54, 1.807) is 37.3 Å². The lowest BCUT2D eigenvalue weighted by molar-refractivity contribution is -0.123. The van der Waals surface area contributed by atoms with Crippen LogP contribution in [0.4, 0.5) is 4.39 Å². The SMILES string of the molecule is C[C@H](Oc1ccc(Oc2cccc(F)c2C#N)cc1)C(N)=O. The number of hydrogen-bond acceptors (Lipinski definition) is 4. The monoisotopic (exact) mass is 300 g/mol. The zero-order chi connectivity index (χ0) is 16.1. The largest absolute Gasteiger partial charge is 0.481 e. The number of halogens is 1. The molecule has 0 fully saturated rings. The number of nitrogens with two attached hydrogens (primary N) is 1. The summed E-state index contributed by atoms with van der Waals surface area (Å²) >= 11 is 0. The van der Waals surface area contributed by atoms with Crippen LogP contribution in [0.15, 0.2) is 42.5 Å². The Hall–Kier alpha value is -3.07. The Morgan fingerprint density at radius 1 is 1.23 bits per heavy atom. The molecule has 2 aromatic carbocycles. The second-order valence-electron chi connectivity index (χ2n) is 4.46. The normalized spacial score (nSPS) is 11.3. The van der Waals surface area contributed by atoms with Crippen LogP contribution in [0, 0.1) is 17.1 Å². The van der Waals surface area contributed by atoms with Crippen molar-refractivity contribution < 1.29 is 18.7 Å². The van der Waals surface area contributed by atoms with Gasteiger partial charge in [-0.05, 0) is 43.3 Å². The zero-order valence-corrected chi connectivity index (χ0v) is 11.7. The Kier molecular flexibility index (Phi) is 4.59. The fraction of sp³-hybridized carbons (Fsp3) is 0.125. The van der Waals surface area contributed by atoms with Crippen molar-refractivity contribution in [2.75, 3.05) is 0 Å². The van der Waals surface area contributed by atoms with E-state index in [9.17, 15) is 9.18 Å². The summed E-state index contributed by atoms with van der Waals surface area (Å²) in [6.45, 7) is 1.54. The van der Waals surface area contributed by atoms with E-state index in [4.69, 9.17) is 20.5 Å². The number of nitriles is 1. The van der Waals surface area contributed by atoms with Crippen LogP contribution < -0.4 is 15.2 Å². The first kappa shape index (κ1) is 15.3. The van der Waals surface area contributed by atoms with Crippen molar-refractivity contribution in [3.63, 3.8) is 0 Å². The maximum absolute atomic E-state index is 13.5. The molecule has 0 radical (unpaired) electrons. The maximum Gasteiger partial charge on any atom is 0.258 e.